The maximum absolute atomic E-state index is 5.42. The minimum atomic E-state index is 0.294. The van der Waals surface area contributed by atoms with Crippen LogP contribution in [0, 0.1) is 0 Å². The van der Waals surface area contributed by atoms with Gasteiger partial charge in [-0.2, -0.15) is 0 Å². The molecule has 0 aliphatic rings. The second-order valence-corrected chi connectivity index (χ2v) is 3.94. The molecule has 0 fully saturated rings. The van der Waals surface area contributed by atoms with Gasteiger partial charge in [0.2, 0.25) is 5.95 Å². The first-order valence-corrected chi connectivity index (χ1v) is 6.13. The molecule has 5 nitrogen and oxygen atoms in total. The number of nitrogens with zero attached hydrogens (tertiary/aromatic N) is 2. The molecule has 1 atom stereocenters. The number of rotatable bonds is 9. The zero-order chi connectivity index (χ0) is 12.5. The Kier molecular flexibility index (Phi) is 6.65. The highest BCUT2D eigenvalue weighted by Crippen LogP contribution is 2.13. The SMILES string of the molecule is CCOCC(C)n1ccnc1NCCCOC. The van der Waals surface area contributed by atoms with Crippen LogP contribution in [0.4, 0.5) is 5.95 Å². The highest BCUT2D eigenvalue weighted by Gasteiger charge is 2.09. The number of nitrogens with one attached hydrogen (secondary N) is 1. The van der Waals surface area contributed by atoms with Crippen molar-refractivity contribution < 1.29 is 9.47 Å². The van der Waals surface area contributed by atoms with Crippen LogP contribution in [0.15, 0.2) is 12.4 Å². The molecule has 1 unspecified atom stereocenters. The molecule has 1 N–H and O–H groups in total. The van der Waals surface area contributed by atoms with Crippen molar-refractivity contribution >= 4 is 5.95 Å². The van der Waals surface area contributed by atoms with Crippen molar-refractivity contribution in [2.45, 2.75) is 26.3 Å². The largest absolute Gasteiger partial charge is 0.385 e. The predicted octanol–water partition coefficient (Wildman–Crippen LogP) is 1.93. The second kappa shape index (κ2) is 8.08. The highest BCUT2D eigenvalue weighted by atomic mass is 16.5. The molecule has 0 saturated heterocycles. The summed E-state index contributed by atoms with van der Waals surface area (Å²) in [6.07, 6.45) is 4.76. The van der Waals surface area contributed by atoms with Gasteiger partial charge in [-0.3, -0.25) is 0 Å². The molecule has 0 aromatic carbocycles. The van der Waals surface area contributed by atoms with Crippen LogP contribution in [0.1, 0.15) is 26.3 Å². The van der Waals surface area contributed by atoms with E-state index >= 15 is 0 Å². The topological polar surface area (TPSA) is 48.3 Å². The smallest absolute Gasteiger partial charge is 0.203 e. The van der Waals surface area contributed by atoms with Gasteiger partial charge in [-0.05, 0) is 20.3 Å². The molecule has 5 heteroatoms. The first kappa shape index (κ1) is 14.0. The van der Waals surface area contributed by atoms with Gasteiger partial charge in [-0.15, -0.1) is 0 Å². The summed E-state index contributed by atoms with van der Waals surface area (Å²) < 4.78 is 12.5. The Morgan fingerprint density at radius 1 is 1.53 bits per heavy atom. The molecular weight excluding hydrogens is 218 g/mol. The highest BCUT2D eigenvalue weighted by molar-refractivity contribution is 5.26. The molecule has 17 heavy (non-hydrogen) atoms. The van der Waals surface area contributed by atoms with Crippen LogP contribution < -0.4 is 5.32 Å². The Balaban J connectivity index is 2.41. The number of imidazole rings is 1. The van der Waals surface area contributed by atoms with Gasteiger partial charge in [0.15, 0.2) is 0 Å². The molecule has 0 amide bonds. The summed E-state index contributed by atoms with van der Waals surface area (Å²) in [4.78, 5) is 4.30. The third-order valence-corrected chi connectivity index (χ3v) is 2.52. The number of methoxy groups -OCH3 is 1. The standard InChI is InChI=1S/C12H23N3O2/c1-4-17-10-11(2)15-8-7-14-12(15)13-6-5-9-16-3/h7-8,11H,4-6,9-10H2,1-3H3,(H,13,14). The number of hydrogen-bond acceptors (Lipinski definition) is 4. The zero-order valence-corrected chi connectivity index (χ0v) is 11.0. The van der Waals surface area contributed by atoms with E-state index < -0.39 is 0 Å². The second-order valence-electron chi connectivity index (χ2n) is 3.94. The van der Waals surface area contributed by atoms with Gasteiger partial charge in [-0.25, -0.2) is 4.98 Å². The molecule has 1 aromatic rings. The average molecular weight is 241 g/mol. The lowest BCUT2D eigenvalue weighted by molar-refractivity contribution is 0.119. The monoisotopic (exact) mass is 241 g/mol. The Morgan fingerprint density at radius 3 is 3.06 bits per heavy atom. The van der Waals surface area contributed by atoms with E-state index in [0.29, 0.717) is 12.6 Å². The van der Waals surface area contributed by atoms with Crippen LogP contribution in [0.5, 0.6) is 0 Å². The van der Waals surface area contributed by atoms with Gasteiger partial charge in [-0.1, -0.05) is 0 Å². The summed E-state index contributed by atoms with van der Waals surface area (Å²) >= 11 is 0. The molecule has 1 heterocycles. The fraction of sp³-hybridized carbons (Fsp3) is 0.750. The van der Waals surface area contributed by atoms with Crippen LogP contribution in [0.25, 0.3) is 0 Å². The summed E-state index contributed by atoms with van der Waals surface area (Å²) in [6, 6.07) is 0.294. The Morgan fingerprint density at radius 2 is 2.35 bits per heavy atom. The van der Waals surface area contributed by atoms with Crippen molar-refractivity contribution in [1.29, 1.82) is 0 Å². The molecule has 0 radical (unpaired) electrons. The quantitative estimate of drug-likeness (QED) is 0.671. The fourth-order valence-electron chi connectivity index (χ4n) is 1.59. The van der Waals surface area contributed by atoms with E-state index in [0.717, 1.165) is 32.1 Å². The third kappa shape index (κ3) is 4.75. The summed E-state index contributed by atoms with van der Waals surface area (Å²) in [6.45, 7) is 7.21. The van der Waals surface area contributed by atoms with Crippen molar-refractivity contribution in [2.75, 3.05) is 38.8 Å². The predicted molar refractivity (Wildman–Crippen MR) is 68.4 cm³/mol. The van der Waals surface area contributed by atoms with Crippen LogP contribution in [0.3, 0.4) is 0 Å². The lowest BCUT2D eigenvalue weighted by Gasteiger charge is -2.16. The average Bonchev–Trinajstić information content (AvgIpc) is 2.80. The fourth-order valence-corrected chi connectivity index (χ4v) is 1.59. The lowest BCUT2D eigenvalue weighted by Crippen LogP contribution is -2.16. The molecule has 0 spiro atoms. The van der Waals surface area contributed by atoms with Crippen LogP contribution in [0.2, 0.25) is 0 Å². The van der Waals surface area contributed by atoms with Gasteiger partial charge >= 0.3 is 0 Å². The maximum atomic E-state index is 5.42. The molecule has 0 aliphatic carbocycles. The van der Waals surface area contributed by atoms with E-state index in [-0.39, 0.29) is 0 Å². The van der Waals surface area contributed by atoms with Crippen molar-refractivity contribution in [3.63, 3.8) is 0 Å². The minimum absolute atomic E-state index is 0.294. The minimum Gasteiger partial charge on any atom is -0.385 e. The van der Waals surface area contributed by atoms with Gasteiger partial charge in [0.1, 0.15) is 0 Å². The number of aromatic nitrogens is 2. The van der Waals surface area contributed by atoms with E-state index in [9.17, 15) is 0 Å². The van der Waals surface area contributed by atoms with E-state index in [1.54, 1.807) is 13.3 Å². The van der Waals surface area contributed by atoms with Gasteiger partial charge < -0.3 is 19.4 Å². The van der Waals surface area contributed by atoms with Crippen LogP contribution >= 0.6 is 0 Å². The van der Waals surface area contributed by atoms with Crippen molar-refractivity contribution in [3.05, 3.63) is 12.4 Å². The molecule has 98 valence electrons. The van der Waals surface area contributed by atoms with Crippen molar-refractivity contribution in [2.24, 2.45) is 0 Å². The van der Waals surface area contributed by atoms with Crippen molar-refractivity contribution in [3.8, 4) is 0 Å². The lowest BCUT2D eigenvalue weighted by atomic mass is 10.3. The summed E-state index contributed by atoms with van der Waals surface area (Å²) in [7, 11) is 1.71. The maximum Gasteiger partial charge on any atom is 0.203 e. The van der Waals surface area contributed by atoms with E-state index in [1.165, 1.54) is 0 Å². The van der Waals surface area contributed by atoms with Gasteiger partial charge in [0.05, 0.1) is 12.6 Å². The van der Waals surface area contributed by atoms with E-state index in [4.69, 9.17) is 9.47 Å². The number of ether oxygens (including phenoxy) is 2. The summed E-state index contributed by atoms with van der Waals surface area (Å²) in [5, 5.41) is 3.30. The Bertz CT molecular complexity index is 302. The number of anilines is 1. The van der Waals surface area contributed by atoms with Crippen LogP contribution in [-0.4, -0.2) is 43.0 Å². The van der Waals surface area contributed by atoms with Gasteiger partial charge in [0.25, 0.3) is 0 Å². The third-order valence-electron chi connectivity index (χ3n) is 2.52. The summed E-state index contributed by atoms with van der Waals surface area (Å²) in [5.41, 5.74) is 0. The molecule has 1 aromatic heterocycles. The van der Waals surface area contributed by atoms with Crippen LogP contribution in [-0.2, 0) is 9.47 Å². The Labute approximate surface area is 103 Å². The zero-order valence-electron chi connectivity index (χ0n) is 11.0. The molecule has 0 aliphatic heterocycles. The van der Waals surface area contributed by atoms with Crippen molar-refractivity contribution in [1.82, 2.24) is 9.55 Å². The van der Waals surface area contributed by atoms with E-state index in [2.05, 4.69) is 21.8 Å². The normalized spacial score (nSPS) is 12.6. The Hall–Kier alpha value is -1.07. The number of hydrogen-bond donors (Lipinski definition) is 1. The van der Waals surface area contributed by atoms with Gasteiger partial charge in [0, 0.05) is 39.3 Å². The molecule has 0 saturated carbocycles. The molecular formula is C12H23N3O2. The first-order valence-electron chi connectivity index (χ1n) is 6.13. The summed E-state index contributed by atoms with van der Waals surface area (Å²) in [5.74, 6) is 0.897. The first-order chi connectivity index (χ1) is 8.29. The molecule has 0 bridgehead atoms. The molecule has 1 rings (SSSR count). The van der Waals surface area contributed by atoms with E-state index in [1.807, 2.05) is 13.1 Å².